The van der Waals surface area contributed by atoms with Gasteiger partial charge in [-0.05, 0) is 91.1 Å². The lowest BCUT2D eigenvalue weighted by Gasteiger charge is -2.33. The van der Waals surface area contributed by atoms with Crippen LogP contribution in [0.5, 0.6) is 5.75 Å². The number of methoxy groups -OCH3 is 1. The van der Waals surface area contributed by atoms with E-state index in [0.29, 0.717) is 37.5 Å². The highest BCUT2D eigenvalue weighted by Crippen LogP contribution is 2.41. The maximum absolute atomic E-state index is 14.3. The molecule has 5 rings (SSSR count). The Hall–Kier alpha value is -4.42. The van der Waals surface area contributed by atoms with E-state index < -0.39 is 47.1 Å². The summed E-state index contributed by atoms with van der Waals surface area (Å²) in [6.45, 7) is 1.98. The maximum Gasteiger partial charge on any atom is 0.249 e. The largest absolute Gasteiger partial charge is 0.497 e. The van der Waals surface area contributed by atoms with Crippen molar-refractivity contribution in [3.8, 4) is 5.75 Å². The van der Waals surface area contributed by atoms with E-state index in [1.54, 1.807) is 19.2 Å². The van der Waals surface area contributed by atoms with Crippen molar-refractivity contribution in [3.05, 3.63) is 101 Å². The van der Waals surface area contributed by atoms with Crippen LogP contribution in [0.3, 0.4) is 0 Å². The fraction of sp³-hybridized carbons (Fsp3) is 0.447. The van der Waals surface area contributed by atoms with Crippen LogP contribution in [-0.4, -0.2) is 71.7 Å². The Kier molecular flexibility index (Phi) is 12.2. The number of carbonyl (C=O) groups is 3. The highest BCUT2D eigenvalue weighted by atomic mass is 19.1. The van der Waals surface area contributed by atoms with Crippen LogP contribution in [0.2, 0.25) is 0 Å². The number of carbonyl (C=O) groups excluding carboxylic acids is 3. The van der Waals surface area contributed by atoms with Gasteiger partial charge in [-0.25, -0.2) is 13.2 Å². The molecule has 0 spiro atoms. The van der Waals surface area contributed by atoms with Gasteiger partial charge in [-0.1, -0.05) is 37.1 Å². The molecule has 50 heavy (non-hydrogen) atoms. The number of aryl methyl sites for hydroxylation is 1. The molecule has 1 aliphatic heterocycles. The van der Waals surface area contributed by atoms with Crippen molar-refractivity contribution in [2.45, 2.75) is 82.1 Å². The molecule has 1 saturated carbocycles. The molecule has 2 fully saturated rings. The summed E-state index contributed by atoms with van der Waals surface area (Å²) in [7, 11) is 1.56. The molecule has 1 aliphatic carbocycles. The van der Waals surface area contributed by atoms with Crippen molar-refractivity contribution in [2.24, 2.45) is 5.92 Å². The molecule has 9 nitrogen and oxygen atoms in total. The second-order valence-electron chi connectivity index (χ2n) is 13.5. The summed E-state index contributed by atoms with van der Waals surface area (Å²) in [5, 5.41) is 20.4. The minimum absolute atomic E-state index is 0.0237. The van der Waals surface area contributed by atoms with Crippen LogP contribution in [-0.2, 0) is 33.8 Å². The van der Waals surface area contributed by atoms with E-state index >= 15 is 0 Å². The molecule has 4 atom stereocenters. The third-order valence-electron chi connectivity index (χ3n) is 9.48. The van der Waals surface area contributed by atoms with Gasteiger partial charge in [0.1, 0.15) is 34.8 Å². The van der Waals surface area contributed by atoms with E-state index in [0.717, 1.165) is 42.2 Å². The minimum atomic E-state index is -1.20. The summed E-state index contributed by atoms with van der Waals surface area (Å²) >= 11 is 0. The molecule has 3 aromatic rings. The molecule has 0 bridgehead atoms. The van der Waals surface area contributed by atoms with Crippen LogP contribution >= 0.6 is 0 Å². The zero-order chi connectivity index (χ0) is 35.8. The van der Waals surface area contributed by atoms with Gasteiger partial charge in [0.2, 0.25) is 17.7 Å². The summed E-state index contributed by atoms with van der Waals surface area (Å²) in [5.74, 6) is -2.23. The van der Waals surface area contributed by atoms with E-state index in [1.165, 1.54) is 24.0 Å². The first-order chi connectivity index (χ1) is 23.9. The van der Waals surface area contributed by atoms with E-state index in [-0.39, 0.29) is 43.3 Å². The molecule has 4 N–H and O–H groups in total. The highest BCUT2D eigenvalue weighted by Gasteiger charge is 2.52. The first-order valence-electron chi connectivity index (χ1n) is 17.1. The first-order valence-corrected chi connectivity index (χ1v) is 17.1. The third kappa shape index (κ3) is 9.85. The van der Waals surface area contributed by atoms with Crippen LogP contribution in [0.15, 0.2) is 66.7 Å². The van der Waals surface area contributed by atoms with E-state index in [2.05, 4.69) is 16.0 Å². The number of likely N-dealkylation sites (tertiary alicyclic amines) is 1. The number of halogens is 3. The van der Waals surface area contributed by atoms with Gasteiger partial charge in [-0.3, -0.25) is 14.4 Å². The average molecular weight is 695 g/mol. The minimum Gasteiger partial charge on any atom is -0.497 e. The predicted octanol–water partition coefficient (Wildman–Crippen LogP) is 4.20. The Bertz CT molecular complexity index is 1630. The van der Waals surface area contributed by atoms with Gasteiger partial charge < -0.3 is 30.7 Å². The first kappa shape index (κ1) is 36.9. The standard InChI is InChI=1S/C38H45F3N4O5/c1-24(46)44-38(21-26-6-7-26)14-15-45(37(38)49)34(13-10-25-8-11-29(39)12-9-25)36(48)43-33(19-28-16-30(40)20-31(41)17-28)35(47)23-42-22-27-4-3-5-32(18-27)50-2/h3-5,8-9,11-12,16-18,20,26,33-35,42,47H,6-7,10,13-15,19,21-23H2,1-2H3,(H,43,48)(H,44,46)/t33-,34-,35+,38-/m0/s1. The topological polar surface area (TPSA) is 120 Å². The van der Waals surface area contributed by atoms with Gasteiger partial charge in [0.05, 0.1) is 19.3 Å². The zero-order valence-corrected chi connectivity index (χ0v) is 28.4. The number of benzene rings is 3. The fourth-order valence-electron chi connectivity index (χ4n) is 6.82. The highest BCUT2D eigenvalue weighted by molar-refractivity contribution is 5.96. The molecular formula is C38H45F3N4O5. The molecule has 0 aromatic heterocycles. The van der Waals surface area contributed by atoms with Crippen molar-refractivity contribution in [3.63, 3.8) is 0 Å². The molecule has 1 saturated heterocycles. The van der Waals surface area contributed by atoms with Gasteiger partial charge in [-0.2, -0.15) is 0 Å². The lowest BCUT2D eigenvalue weighted by atomic mass is 9.90. The van der Waals surface area contributed by atoms with E-state index in [1.807, 2.05) is 24.3 Å². The second kappa shape index (κ2) is 16.5. The van der Waals surface area contributed by atoms with Gasteiger partial charge in [0, 0.05) is 32.6 Å². The molecule has 3 amide bonds. The number of nitrogens with one attached hydrogen (secondary N) is 3. The van der Waals surface area contributed by atoms with E-state index in [4.69, 9.17) is 4.74 Å². The molecular weight excluding hydrogens is 649 g/mol. The van der Waals surface area contributed by atoms with Crippen LogP contribution in [0.1, 0.15) is 55.7 Å². The number of hydrogen-bond acceptors (Lipinski definition) is 6. The number of amides is 3. The monoisotopic (exact) mass is 694 g/mol. The van der Waals surface area contributed by atoms with Crippen molar-refractivity contribution in [1.29, 1.82) is 0 Å². The number of ether oxygens (including phenoxy) is 1. The molecule has 1 heterocycles. The normalized spacial score (nSPS) is 19.2. The Labute approximate surface area is 290 Å². The molecule has 0 radical (unpaired) electrons. The summed E-state index contributed by atoms with van der Waals surface area (Å²) in [5.41, 5.74) is 0.764. The van der Waals surface area contributed by atoms with Gasteiger partial charge in [0.25, 0.3) is 0 Å². The number of aliphatic hydroxyl groups is 1. The number of rotatable bonds is 17. The van der Waals surface area contributed by atoms with Crippen LogP contribution in [0.4, 0.5) is 13.2 Å². The van der Waals surface area contributed by atoms with Crippen molar-refractivity contribution in [2.75, 3.05) is 20.2 Å². The quantitative estimate of drug-likeness (QED) is 0.168. The van der Waals surface area contributed by atoms with Crippen molar-refractivity contribution in [1.82, 2.24) is 20.9 Å². The lowest BCUT2D eigenvalue weighted by Crippen LogP contribution is -2.59. The Morgan fingerprint density at radius 1 is 0.980 bits per heavy atom. The number of hydrogen-bond donors (Lipinski definition) is 4. The molecule has 3 aromatic carbocycles. The molecule has 0 unspecified atom stereocenters. The average Bonchev–Trinajstić information content (AvgIpc) is 3.83. The predicted molar refractivity (Wildman–Crippen MR) is 181 cm³/mol. The summed E-state index contributed by atoms with van der Waals surface area (Å²) < 4.78 is 47.3. The van der Waals surface area contributed by atoms with Crippen molar-refractivity contribution < 1.29 is 37.4 Å². The number of nitrogens with zero attached hydrogens (tertiary/aromatic N) is 1. The smallest absolute Gasteiger partial charge is 0.249 e. The third-order valence-corrected chi connectivity index (χ3v) is 9.48. The van der Waals surface area contributed by atoms with E-state index in [9.17, 15) is 32.7 Å². The van der Waals surface area contributed by atoms with Gasteiger partial charge >= 0.3 is 0 Å². The van der Waals surface area contributed by atoms with Crippen LogP contribution in [0.25, 0.3) is 0 Å². The summed E-state index contributed by atoms with van der Waals surface area (Å²) in [6, 6.07) is 14.3. The van der Waals surface area contributed by atoms with Crippen LogP contribution in [0, 0.1) is 23.4 Å². The lowest BCUT2D eigenvalue weighted by molar-refractivity contribution is -0.143. The zero-order valence-electron chi connectivity index (χ0n) is 28.4. The second-order valence-corrected chi connectivity index (χ2v) is 13.5. The summed E-state index contributed by atoms with van der Waals surface area (Å²) in [6.07, 6.45) is 1.97. The Balaban J connectivity index is 1.38. The number of aliphatic hydroxyl groups excluding tert-OH is 1. The molecule has 2 aliphatic rings. The summed E-state index contributed by atoms with van der Waals surface area (Å²) in [4.78, 5) is 42.2. The Morgan fingerprint density at radius 3 is 2.36 bits per heavy atom. The maximum atomic E-state index is 14.3. The van der Waals surface area contributed by atoms with Gasteiger partial charge in [-0.15, -0.1) is 0 Å². The fourth-order valence-corrected chi connectivity index (χ4v) is 6.82. The molecule has 268 valence electrons. The molecule has 12 heteroatoms. The Morgan fingerprint density at radius 2 is 1.70 bits per heavy atom. The van der Waals surface area contributed by atoms with Crippen LogP contribution < -0.4 is 20.7 Å². The van der Waals surface area contributed by atoms with Gasteiger partial charge in [0.15, 0.2) is 0 Å². The SMILES string of the molecule is COc1cccc(CNC[C@@H](O)[C@H](Cc2cc(F)cc(F)c2)NC(=O)[C@H](CCc2ccc(F)cc2)N2CC[C@@](CC3CC3)(NC(C)=O)C2=O)c1. The van der Waals surface area contributed by atoms with Crippen molar-refractivity contribution >= 4 is 17.7 Å².